The number of carbonyl (C=O) groups is 3. The number of amides is 2. The van der Waals surface area contributed by atoms with E-state index < -0.39 is 36.5 Å². The van der Waals surface area contributed by atoms with Crippen LogP contribution in [0, 0.1) is 5.92 Å². The molecule has 1 aromatic rings. The van der Waals surface area contributed by atoms with Crippen LogP contribution < -0.4 is 10.6 Å². The molecule has 28 heavy (non-hydrogen) atoms. The third-order valence-electron chi connectivity index (χ3n) is 4.21. The number of carbonyl (C=O) groups excluding carboxylic acids is 3. The van der Waals surface area contributed by atoms with E-state index in [-0.39, 0.29) is 12.5 Å². The maximum atomic E-state index is 12.8. The average Bonchev–Trinajstić information content (AvgIpc) is 2.68. The first-order chi connectivity index (χ1) is 13.4. The van der Waals surface area contributed by atoms with Crippen LogP contribution in [0.2, 0.25) is 0 Å². The Morgan fingerprint density at radius 1 is 1.07 bits per heavy atom. The van der Waals surface area contributed by atoms with Gasteiger partial charge in [-0.3, -0.25) is 9.59 Å². The number of alkyl carbamates (subject to hydrolysis) is 1. The molecule has 0 radical (unpaired) electrons. The molecule has 0 aliphatic rings. The van der Waals surface area contributed by atoms with Crippen LogP contribution in [0.4, 0.5) is 9.18 Å². The zero-order valence-electron chi connectivity index (χ0n) is 16.9. The topological polar surface area (TPSA) is 84.5 Å². The van der Waals surface area contributed by atoms with E-state index in [9.17, 15) is 18.8 Å². The molecule has 0 bridgehead atoms. The van der Waals surface area contributed by atoms with E-state index in [4.69, 9.17) is 4.74 Å². The molecule has 1 aromatic carbocycles. The normalized spacial score (nSPS) is 12.9. The standard InChI is InChI=1S/C21H31FN2O4/c1-4-5-11-17(19(25)13-22)23-20(26)18(12-15(2)3)24-21(27)28-14-16-9-7-6-8-10-16/h6-10,15,17-18H,4-5,11-14H2,1-3H3,(H,23,26)(H,24,27)/t17?,18-/m0/s1. The predicted molar refractivity (Wildman–Crippen MR) is 105 cm³/mol. The molecule has 2 amide bonds. The summed E-state index contributed by atoms with van der Waals surface area (Å²) in [6, 6.07) is 7.45. The number of ketones is 1. The van der Waals surface area contributed by atoms with Gasteiger partial charge in [0, 0.05) is 0 Å². The van der Waals surface area contributed by atoms with Gasteiger partial charge in [-0.25, -0.2) is 9.18 Å². The van der Waals surface area contributed by atoms with Crippen LogP contribution in [0.15, 0.2) is 30.3 Å². The molecule has 7 heteroatoms. The number of rotatable bonds is 12. The highest BCUT2D eigenvalue weighted by Crippen LogP contribution is 2.09. The van der Waals surface area contributed by atoms with Gasteiger partial charge in [0.1, 0.15) is 19.3 Å². The van der Waals surface area contributed by atoms with E-state index in [0.717, 1.165) is 12.0 Å². The van der Waals surface area contributed by atoms with Gasteiger partial charge in [-0.15, -0.1) is 0 Å². The predicted octanol–water partition coefficient (Wildman–Crippen LogP) is 3.54. The zero-order chi connectivity index (χ0) is 20.9. The minimum atomic E-state index is -1.13. The van der Waals surface area contributed by atoms with E-state index in [1.165, 1.54) is 0 Å². The van der Waals surface area contributed by atoms with Crippen molar-refractivity contribution >= 4 is 17.8 Å². The van der Waals surface area contributed by atoms with Crippen LogP contribution in [-0.4, -0.2) is 36.5 Å². The third kappa shape index (κ3) is 8.97. The van der Waals surface area contributed by atoms with E-state index in [1.807, 2.05) is 51.1 Å². The van der Waals surface area contributed by atoms with Crippen LogP contribution in [0.25, 0.3) is 0 Å². The molecule has 0 aliphatic carbocycles. The highest BCUT2D eigenvalue weighted by molar-refractivity contribution is 5.92. The fourth-order valence-corrected chi connectivity index (χ4v) is 2.70. The van der Waals surface area contributed by atoms with Gasteiger partial charge in [0.15, 0.2) is 5.78 Å². The van der Waals surface area contributed by atoms with E-state index >= 15 is 0 Å². The number of halogens is 1. The van der Waals surface area contributed by atoms with Crippen molar-refractivity contribution in [3.05, 3.63) is 35.9 Å². The lowest BCUT2D eigenvalue weighted by atomic mass is 10.0. The number of unbranched alkanes of at least 4 members (excludes halogenated alkanes) is 1. The molecule has 0 fully saturated rings. The lowest BCUT2D eigenvalue weighted by Crippen LogP contribution is -2.52. The van der Waals surface area contributed by atoms with Gasteiger partial charge in [-0.05, 0) is 24.3 Å². The summed E-state index contributed by atoms with van der Waals surface area (Å²) >= 11 is 0. The van der Waals surface area contributed by atoms with Crippen LogP contribution in [0.1, 0.15) is 52.0 Å². The molecule has 1 rings (SSSR count). The van der Waals surface area contributed by atoms with Crippen molar-refractivity contribution in [2.75, 3.05) is 6.67 Å². The summed E-state index contributed by atoms with van der Waals surface area (Å²) in [5.41, 5.74) is 0.829. The summed E-state index contributed by atoms with van der Waals surface area (Å²) in [6.07, 6.45) is 1.55. The Morgan fingerprint density at radius 2 is 1.75 bits per heavy atom. The first kappa shape index (κ1) is 23.6. The molecule has 0 aliphatic heterocycles. The molecule has 0 heterocycles. The van der Waals surface area contributed by atoms with Gasteiger partial charge in [-0.1, -0.05) is 63.9 Å². The van der Waals surface area contributed by atoms with Gasteiger partial charge >= 0.3 is 6.09 Å². The summed E-state index contributed by atoms with van der Waals surface area (Å²) in [5.74, 6) is -1.04. The molecular weight excluding hydrogens is 363 g/mol. The summed E-state index contributed by atoms with van der Waals surface area (Å²) in [6.45, 7) is 4.74. The van der Waals surface area contributed by atoms with Crippen molar-refractivity contribution in [1.82, 2.24) is 10.6 Å². The fourth-order valence-electron chi connectivity index (χ4n) is 2.70. The van der Waals surface area contributed by atoms with E-state index in [2.05, 4.69) is 10.6 Å². The van der Waals surface area contributed by atoms with Gasteiger partial charge in [-0.2, -0.15) is 0 Å². The fraction of sp³-hybridized carbons (Fsp3) is 0.571. The highest BCUT2D eigenvalue weighted by atomic mass is 19.1. The van der Waals surface area contributed by atoms with Gasteiger partial charge < -0.3 is 15.4 Å². The number of ether oxygens (including phenoxy) is 1. The summed E-state index contributed by atoms with van der Waals surface area (Å²) in [7, 11) is 0. The van der Waals surface area contributed by atoms with Crippen molar-refractivity contribution in [3.63, 3.8) is 0 Å². The maximum absolute atomic E-state index is 12.8. The molecular formula is C21H31FN2O4. The number of benzene rings is 1. The molecule has 0 spiro atoms. The molecule has 1 unspecified atom stereocenters. The molecule has 6 nitrogen and oxygen atoms in total. The molecule has 156 valence electrons. The second-order valence-electron chi connectivity index (χ2n) is 7.19. The lowest BCUT2D eigenvalue weighted by Gasteiger charge is -2.23. The Labute approximate surface area is 166 Å². The van der Waals surface area contributed by atoms with E-state index in [0.29, 0.717) is 19.3 Å². The summed E-state index contributed by atoms with van der Waals surface area (Å²) in [4.78, 5) is 36.5. The second kappa shape index (κ2) is 12.9. The SMILES string of the molecule is CCCCC(NC(=O)[C@H](CC(C)C)NC(=O)OCc1ccccc1)C(=O)CF. The monoisotopic (exact) mass is 394 g/mol. The van der Waals surface area contributed by atoms with Crippen LogP contribution >= 0.6 is 0 Å². The minimum absolute atomic E-state index is 0.0855. The largest absolute Gasteiger partial charge is 0.445 e. The van der Waals surface area contributed by atoms with Crippen molar-refractivity contribution in [1.29, 1.82) is 0 Å². The number of hydrogen-bond donors (Lipinski definition) is 2. The Kier molecular flexibility index (Phi) is 10.8. The minimum Gasteiger partial charge on any atom is -0.445 e. The maximum Gasteiger partial charge on any atom is 0.408 e. The molecule has 0 saturated carbocycles. The first-order valence-electron chi connectivity index (χ1n) is 9.73. The van der Waals surface area contributed by atoms with Gasteiger partial charge in [0.05, 0.1) is 6.04 Å². The summed E-state index contributed by atoms with van der Waals surface area (Å²) in [5, 5.41) is 5.15. The van der Waals surface area contributed by atoms with E-state index in [1.54, 1.807) is 0 Å². The summed E-state index contributed by atoms with van der Waals surface area (Å²) < 4.78 is 18.0. The van der Waals surface area contributed by atoms with Crippen LogP contribution in [-0.2, 0) is 20.9 Å². The van der Waals surface area contributed by atoms with Crippen molar-refractivity contribution in [2.45, 2.75) is 65.1 Å². The van der Waals surface area contributed by atoms with Crippen molar-refractivity contribution < 1.29 is 23.5 Å². The smallest absolute Gasteiger partial charge is 0.408 e. The lowest BCUT2D eigenvalue weighted by molar-refractivity contribution is -0.129. The Hall–Kier alpha value is -2.44. The molecule has 2 atom stereocenters. The van der Waals surface area contributed by atoms with Crippen molar-refractivity contribution in [2.24, 2.45) is 5.92 Å². The average molecular weight is 394 g/mol. The Balaban J connectivity index is 2.69. The quantitative estimate of drug-likeness (QED) is 0.568. The van der Waals surface area contributed by atoms with Crippen molar-refractivity contribution in [3.8, 4) is 0 Å². The zero-order valence-corrected chi connectivity index (χ0v) is 16.9. The van der Waals surface area contributed by atoms with Crippen LogP contribution in [0.5, 0.6) is 0 Å². The third-order valence-corrected chi connectivity index (χ3v) is 4.21. The number of Topliss-reactive ketones (excluding diaryl/α,β-unsaturated/α-hetero) is 1. The molecule has 0 aromatic heterocycles. The van der Waals surface area contributed by atoms with Gasteiger partial charge in [0.25, 0.3) is 0 Å². The number of nitrogens with one attached hydrogen (secondary N) is 2. The molecule has 0 saturated heterocycles. The number of hydrogen-bond acceptors (Lipinski definition) is 4. The second-order valence-corrected chi connectivity index (χ2v) is 7.19. The Bertz CT molecular complexity index is 622. The van der Waals surface area contributed by atoms with Gasteiger partial charge in [0.2, 0.25) is 5.91 Å². The highest BCUT2D eigenvalue weighted by Gasteiger charge is 2.27. The Morgan fingerprint density at radius 3 is 2.32 bits per heavy atom. The van der Waals surface area contributed by atoms with Crippen LogP contribution in [0.3, 0.4) is 0 Å². The number of alkyl halides is 1. The molecule has 2 N–H and O–H groups in total. The first-order valence-corrected chi connectivity index (χ1v) is 9.73.